The lowest BCUT2D eigenvalue weighted by molar-refractivity contribution is 0.156. The smallest absolute Gasteiger partial charge is 0.194 e. The van der Waals surface area contributed by atoms with E-state index in [0.29, 0.717) is 25.1 Å². The summed E-state index contributed by atoms with van der Waals surface area (Å²) in [5.41, 5.74) is 0. The summed E-state index contributed by atoms with van der Waals surface area (Å²) in [6, 6.07) is 0.376. The van der Waals surface area contributed by atoms with Crippen molar-refractivity contribution in [2.24, 2.45) is 10.9 Å². The molecule has 1 saturated heterocycles. The van der Waals surface area contributed by atoms with Gasteiger partial charge in [-0.2, -0.15) is 0 Å². The maximum atomic E-state index is 11.1. The highest BCUT2D eigenvalue weighted by molar-refractivity contribution is 14.0. The number of rotatable bonds is 8. The van der Waals surface area contributed by atoms with E-state index in [-0.39, 0.29) is 36.3 Å². The van der Waals surface area contributed by atoms with Crippen LogP contribution >= 0.6 is 24.0 Å². The number of hydrogen-bond donors (Lipinski definition) is 1. The monoisotopic (exact) mass is 513 g/mol. The Morgan fingerprint density at radius 2 is 2.19 bits per heavy atom. The molecule has 2 heterocycles. The molecular formula is C17H32IN5O3S. The average molecular weight is 513 g/mol. The van der Waals surface area contributed by atoms with Gasteiger partial charge in [0.2, 0.25) is 0 Å². The fourth-order valence-corrected chi connectivity index (χ4v) is 3.47. The Hall–Kier alpha value is -0.880. The van der Waals surface area contributed by atoms with E-state index < -0.39 is 9.84 Å². The molecule has 1 aromatic rings. The number of hydrogen-bond acceptors (Lipinski definition) is 5. The van der Waals surface area contributed by atoms with Gasteiger partial charge in [0.05, 0.1) is 37.9 Å². The van der Waals surface area contributed by atoms with E-state index in [4.69, 9.17) is 4.74 Å². The zero-order valence-corrected chi connectivity index (χ0v) is 19.5. The molecule has 0 spiro atoms. The Balaban J connectivity index is 0.00000364. The lowest BCUT2D eigenvalue weighted by Crippen LogP contribution is -2.49. The van der Waals surface area contributed by atoms with Crippen molar-refractivity contribution < 1.29 is 13.2 Å². The first kappa shape index (κ1) is 24.2. The molecule has 1 aromatic heterocycles. The number of guanidine groups is 1. The standard InChI is InChI=1S/C17H31N5O3S.HI/c1-4-19-17(20-7-10-25-11-12-26(3,23)24)21-8-5-15(2)16(13-21)22-9-6-18-14-22;/h6,9,14-16H,4-5,7-8,10-13H2,1-3H3,(H,19,20);1H. The van der Waals surface area contributed by atoms with Crippen molar-refractivity contribution in [2.75, 3.05) is 51.4 Å². The number of aliphatic imine (C=N–C) groups is 1. The van der Waals surface area contributed by atoms with E-state index in [1.807, 2.05) is 18.7 Å². The molecule has 156 valence electrons. The van der Waals surface area contributed by atoms with Gasteiger partial charge < -0.3 is 19.5 Å². The van der Waals surface area contributed by atoms with Crippen LogP contribution in [-0.4, -0.2) is 80.2 Å². The summed E-state index contributed by atoms with van der Waals surface area (Å²) in [5, 5.41) is 3.35. The lowest BCUT2D eigenvalue weighted by Gasteiger charge is -2.39. The van der Waals surface area contributed by atoms with Gasteiger partial charge in [-0.1, -0.05) is 6.92 Å². The number of nitrogens with one attached hydrogen (secondary N) is 1. The fourth-order valence-electron chi connectivity index (χ4n) is 3.05. The van der Waals surface area contributed by atoms with Crippen LogP contribution in [0.15, 0.2) is 23.7 Å². The van der Waals surface area contributed by atoms with E-state index in [2.05, 4.69) is 38.6 Å². The van der Waals surface area contributed by atoms with Crippen molar-refractivity contribution in [3.8, 4) is 0 Å². The van der Waals surface area contributed by atoms with Crippen LogP contribution in [-0.2, 0) is 14.6 Å². The minimum Gasteiger partial charge on any atom is -0.378 e. The summed E-state index contributed by atoms with van der Waals surface area (Å²) in [4.78, 5) is 11.1. The Bertz CT molecular complexity index is 666. The molecule has 2 unspecified atom stereocenters. The summed E-state index contributed by atoms with van der Waals surface area (Å²) < 4.78 is 29.7. The number of imidazole rings is 1. The molecule has 8 nitrogen and oxygen atoms in total. The maximum Gasteiger partial charge on any atom is 0.194 e. The second kappa shape index (κ2) is 11.8. The van der Waals surface area contributed by atoms with Crippen LogP contribution in [0.1, 0.15) is 26.3 Å². The Morgan fingerprint density at radius 1 is 1.41 bits per heavy atom. The van der Waals surface area contributed by atoms with Crippen molar-refractivity contribution in [1.82, 2.24) is 19.8 Å². The number of piperidine rings is 1. The van der Waals surface area contributed by atoms with Gasteiger partial charge in [-0.05, 0) is 19.3 Å². The summed E-state index contributed by atoms with van der Waals surface area (Å²) >= 11 is 0. The minimum absolute atomic E-state index is 0. The van der Waals surface area contributed by atoms with Gasteiger partial charge >= 0.3 is 0 Å². The van der Waals surface area contributed by atoms with E-state index in [9.17, 15) is 8.42 Å². The Morgan fingerprint density at radius 3 is 2.81 bits per heavy atom. The summed E-state index contributed by atoms with van der Waals surface area (Å²) in [5.74, 6) is 1.52. The van der Waals surface area contributed by atoms with Gasteiger partial charge in [0.25, 0.3) is 0 Å². The van der Waals surface area contributed by atoms with Gasteiger partial charge in [0.15, 0.2) is 5.96 Å². The van der Waals surface area contributed by atoms with Crippen LogP contribution in [0, 0.1) is 5.92 Å². The number of ether oxygens (including phenoxy) is 1. The van der Waals surface area contributed by atoms with E-state index >= 15 is 0 Å². The molecule has 0 aliphatic carbocycles. The highest BCUT2D eigenvalue weighted by Gasteiger charge is 2.28. The van der Waals surface area contributed by atoms with Gasteiger partial charge in [-0.15, -0.1) is 24.0 Å². The molecular weight excluding hydrogens is 481 g/mol. The zero-order valence-electron chi connectivity index (χ0n) is 16.4. The van der Waals surface area contributed by atoms with Crippen molar-refractivity contribution in [3.63, 3.8) is 0 Å². The first-order valence-corrected chi connectivity index (χ1v) is 11.2. The molecule has 1 aliphatic rings. The third-order valence-corrected chi connectivity index (χ3v) is 5.46. The SMILES string of the molecule is CCNC(=NCCOCCS(C)(=O)=O)N1CCC(C)C(n2ccnc2)C1.I. The molecule has 1 aliphatic heterocycles. The maximum absolute atomic E-state index is 11.1. The molecule has 1 N–H and O–H groups in total. The zero-order chi connectivity index (χ0) is 19.0. The highest BCUT2D eigenvalue weighted by Crippen LogP contribution is 2.27. The second-order valence-corrected chi connectivity index (χ2v) is 9.03. The van der Waals surface area contributed by atoms with Crippen molar-refractivity contribution >= 4 is 39.8 Å². The normalized spacial score (nSPS) is 21.0. The molecule has 1 fully saturated rings. The third kappa shape index (κ3) is 8.34. The van der Waals surface area contributed by atoms with Crippen LogP contribution in [0.2, 0.25) is 0 Å². The Kier molecular flexibility index (Phi) is 10.6. The van der Waals surface area contributed by atoms with E-state index in [1.165, 1.54) is 6.26 Å². The fraction of sp³-hybridized carbons (Fsp3) is 0.765. The molecule has 0 aromatic carbocycles. The van der Waals surface area contributed by atoms with Crippen molar-refractivity contribution in [3.05, 3.63) is 18.7 Å². The topological polar surface area (TPSA) is 88.8 Å². The number of halogens is 1. The van der Waals surface area contributed by atoms with Crippen LogP contribution < -0.4 is 5.32 Å². The van der Waals surface area contributed by atoms with Gasteiger partial charge in [-0.25, -0.2) is 13.4 Å². The molecule has 2 atom stereocenters. The van der Waals surface area contributed by atoms with Gasteiger partial charge in [0.1, 0.15) is 9.84 Å². The van der Waals surface area contributed by atoms with E-state index in [1.54, 1.807) is 0 Å². The van der Waals surface area contributed by atoms with Crippen LogP contribution in [0.4, 0.5) is 0 Å². The molecule has 0 amide bonds. The summed E-state index contributed by atoms with van der Waals surface area (Å²) in [6.07, 6.45) is 8.03. The first-order valence-electron chi connectivity index (χ1n) is 9.17. The molecule has 2 rings (SSSR count). The first-order chi connectivity index (χ1) is 12.4. The quantitative estimate of drug-likeness (QED) is 0.245. The third-order valence-electron chi connectivity index (χ3n) is 4.56. The molecule has 0 radical (unpaired) electrons. The highest BCUT2D eigenvalue weighted by atomic mass is 127. The predicted octanol–water partition coefficient (Wildman–Crippen LogP) is 1.41. The molecule has 0 bridgehead atoms. The van der Waals surface area contributed by atoms with Gasteiger partial charge in [-0.3, -0.25) is 4.99 Å². The summed E-state index contributed by atoms with van der Waals surface area (Å²) in [7, 11) is -2.98. The summed E-state index contributed by atoms with van der Waals surface area (Å²) in [6.45, 7) is 8.13. The van der Waals surface area contributed by atoms with Crippen LogP contribution in [0.5, 0.6) is 0 Å². The molecule has 27 heavy (non-hydrogen) atoms. The van der Waals surface area contributed by atoms with Crippen molar-refractivity contribution in [2.45, 2.75) is 26.3 Å². The van der Waals surface area contributed by atoms with Crippen molar-refractivity contribution in [1.29, 1.82) is 0 Å². The lowest BCUT2D eigenvalue weighted by atomic mass is 9.93. The minimum atomic E-state index is -2.98. The van der Waals surface area contributed by atoms with Crippen LogP contribution in [0.3, 0.4) is 0 Å². The predicted molar refractivity (Wildman–Crippen MR) is 119 cm³/mol. The Labute approximate surface area is 179 Å². The molecule has 0 saturated carbocycles. The number of aromatic nitrogens is 2. The molecule has 10 heteroatoms. The van der Waals surface area contributed by atoms with Crippen LogP contribution in [0.25, 0.3) is 0 Å². The van der Waals surface area contributed by atoms with E-state index in [0.717, 1.165) is 32.0 Å². The average Bonchev–Trinajstić information content (AvgIpc) is 3.11. The number of likely N-dealkylation sites (tertiary alicyclic amines) is 1. The largest absolute Gasteiger partial charge is 0.378 e. The van der Waals surface area contributed by atoms with Gasteiger partial charge in [0, 0.05) is 38.3 Å². The number of sulfone groups is 1. The number of nitrogens with zero attached hydrogens (tertiary/aromatic N) is 4. The second-order valence-electron chi connectivity index (χ2n) is 6.77.